The molecule has 1 heterocycles. The van der Waals surface area contributed by atoms with E-state index < -0.39 is 0 Å². The molecule has 3 heteroatoms. The molecule has 19 heavy (non-hydrogen) atoms. The standard InChI is InChI=1S/C16H28N2S/c1-12(2)16(11-17-14-7-8-14)18(4)13(3)10-15-6-5-9-19-15/h5-6,9,12-14,16-17H,7-8,10-11H2,1-4H3. The lowest BCUT2D eigenvalue weighted by atomic mass is 10.00. The zero-order valence-corrected chi connectivity index (χ0v) is 13.5. The maximum absolute atomic E-state index is 3.69. The van der Waals surface area contributed by atoms with Crippen molar-refractivity contribution in [2.24, 2.45) is 5.92 Å². The van der Waals surface area contributed by atoms with Crippen LogP contribution < -0.4 is 5.32 Å². The Labute approximate surface area is 122 Å². The van der Waals surface area contributed by atoms with Crippen LogP contribution >= 0.6 is 11.3 Å². The molecule has 0 aromatic carbocycles. The molecule has 1 fully saturated rings. The molecule has 0 bridgehead atoms. The highest BCUT2D eigenvalue weighted by Crippen LogP contribution is 2.21. The predicted octanol–water partition coefficient (Wildman–Crippen LogP) is 3.39. The highest BCUT2D eigenvalue weighted by Gasteiger charge is 2.26. The second kappa shape index (κ2) is 6.87. The van der Waals surface area contributed by atoms with E-state index in [-0.39, 0.29) is 0 Å². The molecule has 1 N–H and O–H groups in total. The molecule has 1 aromatic heterocycles. The molecular formula is C16H28N2S. The Morgan fingerprint density at radius 3 is 2.63 bits per heavy atom. The predicted molar refractivity (Wildman–Crippen MR) is 84.9 cm³/mol. The zero-order valence-electron chi connectivity index (χ0n) is 12.7. The van der Waals surface area contributed by atoms with Crippen molar-refractivity contribution in [3.63, 3.8) is 0 Å². The average Bonchev–Trinajstić information content (AvgIpc) is 3.05. The smallest absolute Gasteiger partial charge is 0.0243 e. The van der Waals surface area contributed by atoms with Gasteiger partial charge < -0.3 is 5.32 Å². The fraction of sp³-hybridized carbons (Fsp3) is 0.750. The highest BCUT2D eigenvalue weighted by molar-refractivity contribution is 7.09. The van der Waals surface area contributed by atoms with Crippen LogP contribution in [0, 0.1) is 5.92 Å². The van der Waals surface area contributed by atoms with Gasteiger partial charge in [-0.1, -0.05) is 19.9 Å². The Balaban J connectivity index is 1.86. The molecule has 1 aromatic rings. The number of nitrogens with one attached hydrogen (secondary N) is 1. The monoisotopic (exact) mass is 280 g/mol. The van der Waals surface area contributed by atoms with E-state index in [2.05, 4.69) is 55.5 Å². The fourth-order valence-corrected chi connectivity index (χ4v) is 3.44. The van der Waals surface area contributed by atoms with Gasteiger partial charge in [-0.2, -0.15) is 0 Å². The summed E-state index contributed by atoms with van der Waals surface area (Å²) in [5.41, 5.74) is 0. The van der Waals surface area contributed by atoms with Crippen molar-refractivity contribution in [3.05, 3.63) is 22.4 Å². The van der Waals surface area contributed by atoms with Crippen LogP contribution in [-0.4, -0.2) is 36.6 Å². The second-order valence-corrected chi connectivity index (χ2v) is 7.32. The van der Waals surface area contributed by atoms with Crippen LogP contribution in [-0.2, 0) is 6.42 Å². The van der Waals surface area contributed by atoms with Crippen LogP contribution in [0.4, 0.5) is 0 Å². The van der Waals surface area contributed by atoms with Crippen molar-refractivity contribution in [1.82, 2.24) is 10.2 Å². The third-order valence-corrected chi connectivity index (χ3v) is 5.16. The van der Waals surface area contributed by atoms with E-state index >= 15 is 0 Å². The maximum Gasteiger partial charge on any atom is 0.0243 e. The first-order valence-electron chi connectivity index (χ1n) is 7.55. The Bertz CT molecular complexity index is 357. The van der Waals surface area contributed by atoms with Crippen LogP contribution in [0.3, 0.4) is 0 Å². The summed E-state index contributed by atoms with van der Waals surface area (Å²) < 4.78 is 0. The minimum atomic E-state index is 0.604. The van der Waals surface area contributed by atoms with E-state index in [1.807, 2.05) is 11.3 Å². The molecule has 2 rings (SSSR count). The molecule has 0 spiro atoms. The van der Waals surface area contributed by atoms with E-state index in [1.165, 1.54) is 24.1 Å². The molecule has 0 aliphatic heterocycles. The summed E-state index contributed by atoms with van der Waals surface area (Å²) in [6, 6.07) is 6.45. The summed E-state index contributed by atoms with van der Waals surface area (Å²) in [7, 11) is 2.29. The Kier molecular flexibility index (Phi) is 5.43. The number of nitrogens with zero attached hydrogens (tertiary/aromatic N) is 1. The highest BCUT2D eigenvalue weighted by atomic mass is 32.1. The van der Waals surface area contributed by atoms with Crippen LogP contribution in [0.2, 0.25) is 0 Å². The first-order valence-corrected chi connectivity index (χ1v) is 8.43. The quantitative estimate of drug-likeness (QED) is 0.785. The van der Waals surface area contributed by atoms with Crippen molar-refractivity contribution < 1.29 is 0 Å². The molecule has 108 valence electrons. The molecule has 1 aliphatic rings. The second-order valence-electron chi connectivity index (χ2n) is 6.29. The van der Waals surface area contributed by atoms with Gasteiger partial charge in [0.1, 0.15) is 0 Å². The van der Waals surface area contributed by atoms with Crippen LogP contribution in [0.5, 0.6) is 0 Å². The number of hydrogen-bond acceptors (Lipinski definition) is 3. The van der Waals surface area contributed by atoms with Crippen LogP contribution in [0.25, 0.3) is 0 Å². The molecule has 2 unspecified atom stereocenters. The Morgan fingerprint density at radius 2 is 2.11 bits per heavy atom. The molecule has 2 nitrogen and oxygen atoms in total. The molecular weight excluding hydrogens is 252 g/mol. The van der Waals surface area contributed by atoms with Crippen molar-refractivity contribution in [1.29, 1.82) is 0 Å². The summed E-state index contributed by atoms with van der Waals surface area (Å²) >= 11 is 1.87. The summed E-state index contributed by atoms with van der Waals surface area (Å²) in [5, 5.41) is 5.87. The third kappa shape index (κ3) is 4.59. The minimum absolute atomic E-state index is 0.604. The first-order chi connectivity index (χ1) is 9.08. The van der Waals surface area contributed by atoms with E-state index in [1.54, 1.807) is 0 Å². The fourth-order valence-electron chi connectivity index (χ4n) is 2.62. The van der Waals surface area contributed by atoms with Crippen molar-refractivity contribution in [2.75, 3.05) is 13.6 Å². The van der Waals surface area contributed by atoms with Gasteiger partial charge in [-0.05, 0) is 50.6 Å². The van der Waals surface area contributed by atoms with Gasteiger partial charge in [0.25, 0.3) is 0 Å². The molecule has 1 saturated carbocycles. The lowest BCUT2D eigenvalue weighted by Crippen LogP contribution is -2.48. The SMILES string of the molecule is CC(C)C(CNC1CC1)N(C)C(C)Cc1cccs1. The van der Waals surface area contributed by atoms with E-state index in [0.717, 1.165) is 12.6 Å². The first kappa shape index (κ1) is 15.0. The maximum atomic E-state index is 3.69. The van der Waals surface area contributed by atoms with Gasteiger partial charge >= 0.3 is 0 Å². The van der Waals surface area contributed by atoms with Gasteiger partial charge in [0.05, 0.1) is 0 Å². The molecule has 1 aliphatic carbocycles. The van der Waals surface area contributed by atoms with Crippen LogP contribution in [0.15, 0.2) is 17.5 Å². The van der Waals surface area contributed by atoms with E-state index in [0.29, 0.717) is 18.0 Å². The van der Waals surface area contributed by atoms with Crippen molar-refractivity contribution >= 4 is 11.3 Å². The van der Waals surface area contributed by atoms with E-state index in [9.17, 15) is 0 Å². The lowest BCUT2D eigenvalue weighted by Gasteiger charge is -2.36. The Hall–Kier alpha value is -0.380. The van der Waals surface area contributed by atoms with Gasteiger partial charge in [-0.3, -0.25) is 4.90 Å². The summed E-state index contributed by atoms with van der Waals surface area (Å²) in [6.07, 6.45) is 3.92. The average molecular weight is 280 g/mol. The largest absolute Gasteiger partial charge is 0.312 e. The summed E-state index contributed by atoms with van der Waals surface area (Å²) in [6.45, 7) is 8.17. The lowest BCUT2D eigenvalue weighted by molar-refractivity contribution is 0.141. The van der Waals surface area contributed by atoms with E-state index in [4.69, 9.17) is 0 Å². The molecule has 0 amide bonds. The number of thiophene rings is 1. The topological polar surface area (TPSA) is 15.3 Å². The number of rotatable bonds is 8. The van der Waals surface area contributed by atoms with Gasteiger partial charge in [-0.15, -0.1) is 11.3 Å². The summed E-state index contributed by atoms with van der Waals surface area (Å²) in [5.74, 6) is 0.696. The van der Waals surface area contributed by atoms with Crippen molar-refractivity contribution in [3.8, 4) is 0 Å². The normalized spacial score (nSPS) is 19.1. The molecule has 0 saturated heterocycles. The number of likely N-dealkylation sites (N-methyl/N-ethyl adjacent to an activating group) is 1. The van der Waals surface area contributed by atoms with Gasteiger partial charge in [0.2, 0.25) is 0 Å². The number of hydrogen-bond donors (Lipinski definition) is 1. The van der Waals surface area contributed by atoms with Crippen molar-refractivity contribution in [2.45, 2.75) is 58.2 Å². The molecule has 2 atom stereocenters. The van der Waals surface area contributed by atoms with Gasteiger partial charge in [-0.25, -0.2) is 0 Å². The van der Waals surface area contributed by atoms with Gasteiger partial charge in [0, 0.05) is 29.5 Å². The Morgan fingerprint density at radius 1 is 1.37 bits per heavy atom. The summed E-state index contributed by atoms with van der Waals surface area (Å²) in [4.78, 5) is 4.07. The third-order valence-electron chi connectivity index (χ3n) is 4.26. The molecule has 0 radical (unpaired) electrons. The van der Waals surface area contributed by atoms with Gasteiger partial charge in [0.15, 0.2) is 0 Å². The van der Waals surface area contributed by atoms with Crippen LogP contribution in [0.1, 0.15) is 38.5 Å². The minimum Gasteiger partial charge on any atom is -0.312 e. The zero-order chi connectivity index (χ0) is 13.8.